The van der Waals surface area contributed by atoms with Gasteiger partial charge in [0.05, 0.1) is 5.69 Å². The van der Waals surface area contributed by atoms with Crippen molar-refractivity contribution < 1.29 is 25.0 Å². The summed E-state index contributed by atoms with van der Waals surface area (Å²) in [5.41, 5.74) is -0.0768. The molecule has 3 heterocycles. The van der Waals surface area contributed by atoms with Crippen LogP contribution in [-0.4, -0.2) is 53.9 Å². The van der Waals surface area contributed by atoms with E-state index >= 15 is 0 Å². The number of anilines is 1. The molecule has 5 nitrogen and oxygen atoms in total. The molecule has 1 aromatic carbocycles. The van der Waals surface area contributed by atoms with Gasteiger partial charge in [-0.05, 0) is 74.1 Å². The fraction of sp³-hybridized carbons (Fsp3) is 0.600. The molecule has 3 fully saturated rings. The van der Waals surface area contributed by atoms with Gasteiger partial charge in [-0.15, -0.1) is 10.2 Å². The van der Waals surface area contributed by atoms with Crippen molar-refractivity contribution in [3.8, 4) is 11.3 Å². The fourth-order valence-corrected chi connectivity index (χ4v) is 5.52. The molecule has 0 radical (unpaired) electrons. The number of aromatic nitrogens is 2. The van der Waals surface area contributed by atoms with Crippen LogP contribution in [0.2, 0.25) is 0 Å². The van der Waals surface area contributed by atoms with E-state index in [1.165, 1.54) is 12.1 Å². The molecular weight excluding hydrogens is 448 g/mol. The number of nitrogens with zero attached hydrogens (tertiary/aromatic N) is 3. The van der Waals surface area contributed by atoms with E-state index in [9.17, 15) is 17.6 Å². The number of hydrogen-bond acceptors (Lipinski definition) is 5. The van der Waals surface area contributed by atoms with Crippen molar-refractivity contribution >= 4 is 5.82 Å². The average Bonchev–Trinajstić information content (AvgIpc) is 3.40. The Balaban J connectivity index is 1.29. The number of benzene rings is 1. The molecule has 3 aliphatic rings. The first-order valence-electron chi connectivity index (χ1n) is 12.8. The molecule has 34 heavy (non-hydrogen) atoms. The number of nitrogens with one attached hydrogen (secondary N) is 1. The lowest BCUT2D eigenvalue weighted by Gasteiger charge is -2.28. The largest absolute Gasteiger partial charge is 0.420 e. The summed E-state index contributed by atoms with van der Waals surface area (Å²) in [5.74, 6) is -0.507. The van der Waals surface area contributed by atoms with Crippen molar-refractivity contribution in [2.45, 2.75) is 44.8 Å². The van der Waals surface area contributed by atoms with Crippen molar-refractivity contribution in [1.82, 2.24) is 15.1 Å². The van der Waals surface area contributed by atoms with Gasteiger partial charge in [0, 0.05) is 47.1 Å². The van der Waals surface area contributed by atoms with E-state index in [0.717, 1.165) is 12.1 Å². The molecule has 9 heteroatoms. The molecule has 1 saturated carbocycles. The van der Waals surface area contributed by atoms with Gasteiger partial charge in [-0.2, -0.15) is 13.2 Å². The van der Waals surface area contributed by atoms with Gasteiger partial charge < -0.3 is 15.0 Å². The first-order chi connectivity index (χ1) is 17.0. The molecule has 2 aromatic rings. The zero-order valence-electron chi connectivity index (χ0n) is 21.0. The van der Waals surface area contributed by atoms with Crippen LogP contribution in [0.15, 0.2) is 24.3 Å². The van der Waals surface area contributed by atoms with Crippen LogP contribution in [0.5, 0.6) is 0 Å². The SMILES string of the molecule is [2H]C([2H])(C1CCOCC1)N1CC2CC(Nc3nnc(-c4cc(F)ccc4C)cc3C(F)(F)F)CC2C1. The minimum atomic E-state index is -4.65. The van der Waals surface area contributed by atoms with E-state index in [4.69, 9.17) is 7.48 Å². The summed E-state index contributed by atoms with van der Waals surface area (Å²) < 4.78 is 78.3. The average molecular weight is 481 g/mol. The van der Waals surface area contributed by atoms with E-state index in [1.807, 2.05) is 4.90 Å². The van der Waals surface area contributed by atoms with Gasteiger partial charge in [0.25, 0.3) is 0 Å². The van der Waals surface area contributed by atoms with Gasteiger partial charge in [0.15, 0.2) is 5.82 Å². The third-order valence-electron chi connectivity index (χ3n) is 7.25. The highest BCUT2D eigenvalue weighted by atomic mass is 19.4. The summed E-state index contributed by atoms with van der Waals surface area (Å²) in [5, 5.41) is 10.8. The van der Waals surface area contributed by atoms with Gasteiger partial charge in [-0.1, -0.05) is 6.07 Å². The fourth-order valence-electron chi connectivity index (χ4n) is 5.52. The summed E-state index contributed by atoms with van der Waals surface area (Å²) in [6.45, 7) is 2.64. The monoisotopic (exact) mass is 480 g/mol. The lowest BCUT2D eigenvalue weighted by Crippen LogP contribution is -2.32. The maximum Gasteiger partial charge on any atom is 0.420 e. The summed E-state index contributed by atoms with van der Waals surface area (Å²) in [7, 11) is 0. The highest BCUT2D eigenvalue weighted by Gasteiger charge is 2.43. The van der Waals surface area contributed by atoms with E-state index < -0.39 is 24.1 Å². The van der Waals surface area contributed by atoms with Crippen molar-refractivity contribution in [3.63, 3.8) is 0 Å². The van der Waals surface area contributed by atoms with E-state index in [0.29, 0.717) is 57.6 Å². The Morgan fingerprint density at radius 3 is 2.50 bits per heavy atom. The van der Waals surface area contributed by atoms with Crippen LogP contribution in [-0.2, 0) is 10.9 Å². The van der Waals surface area contributed by atoms with Crippen molar-refractivity contribution in [2.75, 3.05) is 38.1 Å². The second-order valence-corrected chi connectivity index (χ2v) is 9.70. The molecule has 2 unspecified atom stereocenters. The zero-order chi connectivity index (χ0) is 25.7. The summed E-state index contributed by atoms with van der Waals surface area (Å²) in [6, 6.07) is 4.64. The third kappa shape index (κ3) is 5.05. The maximum absolute atomic E-state index is 13.9. The molecule has 0 spiro atoms. The van der Waals surface area contributed by atoms with Crippen LogP contribution in [0.4, 0.5) is 23.4 Å². The molecule has 0 amide bonds. The predicted octanol–water partition coefficient (Wildman–Crippen LogP) is 5.16. The molecule has 5 rings (SSSR count). The van der Waals surface area contributed by atoms with Crippen LogP contribution in [0.25, 0.3) is 11.3 Å². The third-order valence-corrected chi connectivity index (χ3v) is 7.25. The lowest BCUT2D eigenvalue weighted by molar-refractivity contribution is -0.137. The second-order valence-electron chi connectivity index (χ2n) is 9.70. The maximum atomic E-state index is 13.9. The van der Waals surface area contributed by atoms with Gasteiger partial charge >= 0.3 is 6.18 Å². The topological polar surface area (TPSA) is 50.3 Å². The van der Waals surface area contributed by atoms with E-state index in [1.54, 1.807) is 6.92 Å². The Bertz CT molecular complexity index is 1100. The number of rotatable bonds is 5. The smallest absolute Gasteiger partial charge is 0.381 e. The Hall–Kier alpha value is -2.26. The number of halogens is 4. The van der Waals surface area contributed by atoms with Gasteiger partial charge in [-0.3, -0.25) is 0 Å². The number of ether oxygens (including phenoxy) is 1. The molecular formula is C25H30F4N4O. The van der Waals surface area contributed by atoms with Crippen molar-refractivity contribution in [2.24, 2.45) is 17.8 Å². The summed E-state index contributed by atoms with van der Waals surface area (Å²) in [6.07, 6.45) is -1.96. The van der Waals surface area contributed by atoms with Gasteiger partial charge in [0.1, 0.15) is 11.4 Å². The number of aryl methyl sites for hydroxylation is 1. The first kappa shape index (κ1) is 21.1. The summed E-state index contributed by atoms with van der Waals surface area (Å²) in [4.78, 5) is 1.92. The quantitative estimate of drug-likeness (QED) is 0.600. The molecule has 2 atom stereocenters. The van der Waals surface area contributed by atoms with E-state index in [2.05, 4.69) is 15.5 Å². The number of fused-ring (bicyclic) bond motifs is 1. The lowest BCUT2D eigenvalue weighted by atomic mass is 10.00. The van der Waals surface area contributed by atoms with Gasteiger partial charge in [-0.25, -0.2) is 4.39 Å². The number of likely N-dealkylation sites (tertiary alicyclic amines) is 1. The van der Waals surface area contributed by atoms with E-state index in [-0.39, 0.29) is 40.9 Å². The minimum absolute atomic E-state index is 0.0286. The number of alkyl halides is 3. The van der Waals surface area contributed by atoms with Crippen LogP contribution < -0.4 is 5.32 Å². The molecule has 2 aliphatic heterocycles. The Morgan fingerprint density at radius 2 is 1.82 bits per heavy atom. The Labute approximate surface area is 199 Å². The number of hydrogen-bond donors (Lipinski definition) is 1. The van der Waals surface area contributed by atoms with Crippen molar-refractivity contribution in [3.05, 3.63) is 41.2 Å². The van der Waals surface area contributed by atoms with Gasteiger partial charge in [0.2, 0.25) is 0 Å². The normalized spacial score (nSPS) is 27.4. The van der Waals surface area contributed by atoms with Crippen LogP contribution in [0, 0.1) is 30.5 Å². The summed E-state index contributed by atoms with van der Waals surface area (Å²) >= 11 is 0. The Morgan fingerprint density at radius 1 is 1.12 bits per heavy atom. The molecule has 0 bridgehead atoms. The molecule has 1 aliphatic carbocycles. The predicted molar refractivity (Wildman–Crippen MR) is 121 cm³/mol. The standard InChI is InChI=1S/C25H30F4N4O/c1-15-2-3-19(26)10-21(15)23-11-22(25(27,28)29)24(32-31-23)30-20-8-17-13-33(14-18(17)9-20)12-16-4-6-34-7-5-16/h2-3,10-11,16-18,20H,4-9,12-14H2,1H3,(H,30,32)/i12D2. The molecule has 1 aromatic heterocycles. The van der Waals surface area contributed by atoms with Crippen LogP contribution in [0.1, 0.15) is 39.6 Å². The minimum Gasteiger partial charge on any atom is -0.381 e. The van der Waals surface area contributed by atoms with Crippen LogP contribution >= 0.6 is 0 Å². The zero-order valence-corrected chi connectivity index (χ0v) is 19.0. The highest BCUT2D eigenvalue weighted by molar-refractivity contribution is 5.65. The molecule has 1 N–H and O–H groups in total. The first-order valence-corrected chi connectivity index (χ1v) is 11.8. The second kappa shape index (κ2) is 9.41. The van der Waals surface area contributed by atoms with Crippen molar-refractivity contribution in [1.29, 1.82) is 0 Å². The Kier molecular flexibility index (Phi) is 5.83. The molecule has 2 saturated heterocycles. The van der Waals surface area contributed by atoms with Crippen LogP contribution in [0.3, 0.4) is 0 Å². The molecule has 184 valence electrons. The highest BCUT2D eigenvalue weighted by Crippen LogP contribution is 2.42.